The fourth-order valence-corrected chi connectivity index (χ4v) is 2.43. The Morgan fingerprint density at radius 1 is 1.42 bits per heavy atom. The Balaban J connectivity index is 2.24. The third kappa shape index (κ3) is 3.39. The third-order valence-corrected chi connectivity index (χ3v) is 3.58. The maximum absolute atomic E-state index is 11.7. The first kappa shape index (κ1) is 14.2. The van der Waals surface area contributed by atoms with E-state index in [-0.39, 0.29) is 5.97 Å². The van der Waals surface area contributed by atoms with Crippen LogP contribution in [0.4, 0.5) is 5.69 Å². The second-order valence-corrected chi connectivity index (χ2v) is 5.08. The number of nitrogens with one attached hydrogen (secondary N) is 1. The Kier molecular flexibility index (Phi) is 4.66. The largest absolute Gasteiger partial charge is 0.465 e. The van der Waals surface area contributed by atoms with Crippen LogP contribution in [0.3, 0.4) is 0 Å². The van der Waals surface area contributed by atoms with Gasteiger partial charge in [-0.3, -0.25) is 0 Å². The van der Waals surface area contributed by atoms with Crippen molar-refractivity contribution >= 4 is 23.3 Å². The number of carbonyl (C=O) groups excluding carboxylic acids is 1. The molecule has 0 amide bonds. The van der Waals surface area contributed by atoms with Gasteiger partial charge in [0.25, 0.3) is 0 Å². The lowest BCUT2D eigenvalue weighted by Crippen LogP contribution is -2.28. The van der Waals surface area contributed by atoms with E-state index in [9.17, 15) is 4.79 Å². The molecule has 1 heterocycles. The zero-order valence-electron chi connectivity index (χ0n) is 11.2. The molecule has 4 nitrogen and oxygen atoms in total. The zero-order chi connectivity index (χ0) is 13.8. The highest BCUT2D eigenvalue weighted by Gasteiger charge is 2.18. The summed E-state index contributed by atoms with van der Waals surface area (Å²) in [5.74, 6) is -0.366. The Morgan fingerprint density at radius 3 is 2.74 bits per heavy atom. The lowest BCUT2D eigenvalue weighted by Gasteiger charge is -2.25. The summed E-state index contributed by atoms with van der Waals surface area (Å²) in [5, 5.41) is 3.97. The van der Waals surface area contributed by atoms with Crippen LogP contribution in [-0.2, 0) is 9.47 Å². The summed E-state index contributed by atoms with van der Waals surface area (Å²) in [5.41, 5.74) is 2.26. The third-order valence-electron chi connectivity index (χ3n) is 3.36. The van der Waals surface area contributed by atoms with Crippen molar-refractivity contribution in [3.63, 3.8) is 0 Å². The molecule has 1 N–H and O–H groups in total. The summed E-state index contributed by atoms with van der Waals surface area (Å²) in [4.78, 5) is 11.7. The summed E-state index contributed by atoms with van der Waals surface area (Å²) in [6.07, 6.45) is 1.92. The second-order valence-electron chi connectivity index (χ2n) is 4.65. The molecule has 1 saturated heterocycles. The predicted octanol–water partition coefficient (Wildman–Crippen LogP) is 3.03. The summed E-state index contributed by atoms with van der Waals surface area (Å²) in [6.45, 7) is 3.42. The molecule has 19 heavy (non-hydrogen) atoms. The van der Waals surface area contributed by atoms with Crippen molar-refractivity contribution in [2.75, 3.05) is 25.6 Å². The van der Waals surface area contributed by atoms with Gasteiger partial charge in [-0.1, -0.05) is 11.6 Å². The maximum atomic E-state index is 11.7. The molecule has 0 spiro atoms. The van der Waals surface area contributed by atoms with Crippen LogP contribution in [0.25, 0.3) is 0 Å². The van der Waals surface area contributed by atoms with E-state index in [1.54, 1.807) is 6.07 Å². The standard InChI is InChI=1S/C14H18ClNO3/c1-9-12(14(17)18-2)7-10(15)8-13(9)16-11-3-5-19-6-4-11/h7-8,11,16H,3-6H2,1-2H3. The van der Waals surface area contributed by atoms with Crippen molar-refractivity contribution in [3.05, 3.63) is 28.3 Å². The van der Waals surface area contributed by atoms with Gasteiger partial charge in [0, 0.05) is 30.0 Å². The van der Waals surface area contributed by atoms with Gasteiger partial charge < -0.3 is 14.8 Å². The fourth-order valence-electron chi connectivity index (χ4n) is 2.21. The van der Waals surface area contributed by atoms with Crippen LogP contribution >= 0.6 is 11.6 Å². The van der Waals surface area contributed by atoms with Crippen LogP contribution in [0, 0.1) is 6.92 Å². The van der Waals surface area contributed by atoms with E-state index in [1.165, 1.54) is 7.11 Å². The lowest BCUT2D eigenvalue weighted by atomic mass is 10.0. The number of hydrogen-bond donors (Lipinski definition) is 1. The summed E-state index contributed by atoms with van der Waals surface area (Å²) < 4.78 is 10.1. The Bertz CT molecular complexity index is 470. The highest BCUT2D eigenvalue weighted by Crippen LogP contribution is 2.27. The number of carbonyl (C=O) groups is 1. The molecule has 1 fully saturated rings. The number of esters is 1. The number of anilines is 1. The molecule has 0 saturated carbocycles. The predicted molar refractivity (Wildman–Crippen MR) is 75.0 cm³/mol. The molecular weight excluding hydrogens is 266 g/mol. The van der Waals surface area contributed by atoms with Crippen LogP contribution in [0.2, 0.25) is 5.02 Å². The van der Waals surface area contributed by atoms with Crippen molar-refractivity contribution in [3.8, 4) is 0 Å². The number of methoxy groups -OCH3 is 1. The van der Waals surface area contributed by atoms with E-state index < -0.39 is 0 Å². The zero-order valence-corrected chi connectivity index (χ0v) is 11.9. The van der Waals surface area contributed by atoms with Gasteiger partial charge in [0.1, 0.15) is 0 Å². The molecule has 2 rings (SSSR count). The Labute approximate surface area is 118 Å². The Morgan fingerprint density at radius 2 is 2.11 bits per heavy atom. The van der Waals surface area contributed by atoms with E-state index in [2.05, 4.69) is 5.32 Å². The first-order chi connectivity index (χ1) is 9.11. The van der Waals surface area contributed by atoms with Crippen LogP contribution in [-0.4, -0.2) is 32.3 Å². The topological polar surface area (TPSA) is 47.6 Å². The minimum Gasteiger partial charge on any atom is -0.465 e. The highest BCUT2D eigenvalue weighted by atomic mass is 35.5. The van der Waals surface area contributed by atoms with Crippen molar-refractivity contribution in [2.24, 2.45) is 0 Å². The second kappa shape index (κ2) is 6.26. The van der Waals surface area contributed by atoms with E-state index in [4.69, 9.17) is 21.1 Å². The molecule has 1 aliphatic heterocycles. The number of benzene rings is 1. The maximum Gasteiger partial charge on any atom is 0.338 e. The lowest BCUT2D eigenvalue weighted by molar-refractivity contribution is 0.0600. The molecule has 0 unspecified atom stereocenters. The number of hydrogen-bond acceptors (Lipinski definition) is 4. The SMILES string of the molecule is COC(=O)c1cc(Cl)cc(NC2CCOCC2)c1C. The van der Waals surface area contributed by atoms with E-state index in [0.29, 0.717) is 16.6 Å². The summed E-state index contributed by atoms with van der Waals surface area (Å²) in [7, 11) is 1.37. The van der Waals surface area contributed by atoms with Gasteiger partial charge in [-0.15, -0.1) is 0 Å². The highest BCUT2D eigenvalue weighted by molar-refractivity contribution is 6.31. The van der Waals surface area contributed by atoms with Crippen LogP contribution < -0.4 is 5.32 Å². The molecule has 0 aromatic heterocycles. The van der Waals surface area contributed by atoms with Gasteiger partial charge in [0.15, 0.2) is 0 Å². The molecular formula is C14H18ClNO3. The molecule has 1 aromatic carbocycles. The van der Waals surface area contributed by atoms with Gasteiger partial charge in [-0.25, -0.2) is 4.79 Å². The normalized spacial score (nSPS) is 16.2. The molecule has 5 heteroatoms. The van der Waals surface area contributed by atoms with Gasteiger partial charge in [-0.05, 0) is 37.5 Å². The van der Waals surface area contributed by atoms with E-state index >= 15 is 0 Å². The average Bonchev–Trinajstić information content (AvgIpc) is 2.42. The molecule has 0 aliphatic carbocycles. The first-order valence-electron chi connectivity index (χ1n) is 6.34. The minimum atomic E-state index is -0.366. The number of rotatable bonds is 3. The Hall–Kier alpha value is -1.26. The van der Waals surface area contributed by atoms with Crippen LogP contribution in [0.5, 0.6) is 0 Å². The minimum absolute atomic E-state index is 0.358. The number of halogens is 1. The van der Waals surface area contributed by atoms with Crippen LogP contribution in [0.1, 0.15) is 28.8 Å². The molecule has 1 aromatic rings. The molecule has 0 atom stereocenters. The van der Waals surface area contributed by atoms with E-state index in [1.807, 2.05) is 13.0 Å². The average molecular weight is 284 g/mol. The van der Waals surface area contributed by atoms with Gasteiger partial charge in [0.2, 0.25) is 0 Å². The molecule has 1 aliphatic rings. The van der Waals surface area contributed by atoms with Crippen molar-refractivity contribution < 1.29 is 14.3 Å². The quantitative estimate of drug-likeness (QED) is 0.866. The molecule has 0 radical (unpaired) electrons. The van der Waals surface area contributed by atoms with Gasteiger partial charge >= 0.3 is 5.97 Å². The number of ether oxygens (including phenoxy) is 2. The van der Waals surface area contributed by atoms with Crippen LogP contribution in [0.15, 0.2) is 12.1 Å². The monoisotopic (exact) mass is 283 g/mol. The summed E-state index contributed by atoms with van der Waals surface area (Å²) >= 11 is 6.07. The van der Waals surface area contributed by atoms with Gasteiger partial charge in [-0.2, -0.15) is 0 Å². The van der Waals surface area contributed by atoms with Crippen molar-refractivity contribution in [1.82, 2.24) is 0 Å². The summed E-state index contributed by atoms with van der Waals surface area (Å²) in [6, 6.07) is 3.84. The van der Waals surface area contributed by atoms with Gasteiger partial charge in [0.05, 0.1) is 12.7 Å². The smallest absolute Gasteiger partial charge is 0.338 e. The first-order valence-corrected chi connectivity index (χ1v) is 6.72. The molecule has 0 bridgehead atoms. The van der Waals surface area contributed by atoms with Crippen molar-refractivity contribution in [2.45, 2.75) is 25.8 Å². The van der Waals surface area contributed by atoms with E-state index in [0.717, 1.165) is 37.3 Å². The fraction of sp³-hybridized carbons (Fsp3) is 0.500. The van der Waals surface area contributed by atoms with Crippen molar-refractivity contribution in [1.29, 1.82) is 0 Å². The molecule has 104 valence electrons.